The zero-order valence-electron chi connectivity index (χ0n) is 7.31. The predicted octanol–water partition coefficient (Wildman–Crippen LogP) is 0.602. The fourth-order valence-electron chi connectivity index (χ4n) is 1.21. The summed E-state index contributed by atoms with van der Waals surface area (Å²) in [7, 11) is 0. The maximum Gasteiger partial charge on any atom is 0.254 e. The first-order valence-corrected chi connectivity index (χ1v) is 4.92. The van der Waals surface area contributed by atoms with Crippen LogP contribution in [-0.2, 0) is 9.53 Å². The van der Waals surface area contributed by atoms with E-state index in [0.717, 1.165) is 0 Å². The molecule has 2 heterocycles. The average Bonchev–Trinajstić information content (AvgIpc) is 2.20. The number of ether oxygens (including phenoxy) is 1. The van der Waals surface area contributed by atoms with Gasteiger partial charge in [0.1, 0.15) is 11.2 Å². The number of rotatable bonds is 1. The maximum atomic E-state index is 11.4. The number of hydrogen-bond donors (Lipinski definition) is 0. The highest BCUT2D eigenvalue weighted by atomic mass is 79.9. The van der Waals surface area contributed by atoms with Crippen molar-refractivity contribution in [3.05, 3.63) is 17.0 Å². The molecule has 1 aromatic heterocycles. The number of anilines is 1. The van der Waals surface area contributed by atoms with Crippen molar-refractivity contribution in [1.29, 1.82) is 0 Å². The van der Waals surface area contributed by atoms with Crippen LogP contribution in [0.5, 0.6) is 0 Å². The molecule has 5 nitrogen and oxygen atoms in total. The van der Waals surface area contributed by atoms with Gasteiger partial charge >= 0.3 is 0 Å². The minimum absolute atomic E-state index is 0.0760. The SMILES string of the molecule is O=C1COCCN1c1cnc(Br)cn1. The summed E-state index contributed by atoms with van der Waals surface area (Å²) in [5.74, 6) is 0.495. The van der Waals surface area contributed by atoms with E-state index in [1.54, 1.807) is 17.3 Å². The molecule has 0 spiro atoms. The first kappa shape index (κ1) is 9.54. The molecular weight excluding hydrogens is 250 g/mol. The third kappa shape index (κ3) is 1.91. The van der Waals surface area contributed by atoms with Crippen LogP contribution in [0.1, 0.15) is 0 Å². The largest absolute Gasteiger partial charge is 0.370 e. The van der Waals surface area contributed by atoms with Gasteiger partial charge in [0.05, 0.1) is 25.5 Å². The highest BCUT2D eigenvalue weighted by Crippen LogP contribution is 2.13. The lowest BCUT2D eigenvalue weighted by molar-refractivity contribution is -0.125. The Hall–Kier alpha value is -1.01. The van der Waals surface area contributed by atoms with Gasteiger partial charge in [0.15, 0.2) is 5.82 Å². The summed E-state index contributed by atoms with van der Waals surface area (Å²) in [6, 6.07) is 0. The van der Waals surface area contributed by atoms with Crippen molar-refractivity contribution < 1.29 is 9.53 Å². The Morgan fingerprint density at radius 2 is 2.29 bits per heavy atom. The smallest absolute Gasteiger partial charge is 0.254 e. The molecule has 6 heteroatoms. The molecule has 14 heavy (non-hydrogen) atoms. The fourth-order valence-corrected chi connectivity index (χ4v) is 1.41. The number of carbonyl (C=O) groups excluding carboxylic acids is 1. The molecule has 1 aromatic rings. The van der Waals surface area contributed by atoms with E-state index in [1.165, 1.54) is 0 Å². The first-order valence-electron chi connectivity index (χ1n) is 4.13. The molecule has 1 saturated heterocycles. The molecule has 1 aliphatic heterocycles. The molecular formula is C8H8BrN3O2. The highest BCUT2D eigenvalue weighted by Gasteiger charge is 2.21. The van der Waals surface area contributed by atoms with E-state index < -0.39 is 0 Å². The molecule has 0 aromatic carbocycles. The quantitative estimate of drug-likeness (QED) is 0.740. The summed E-state index contributed by atoms with van der Waals surface area (Å²) in [5.41, 5.74) is 0. The van der Waals surface area contributed by atoms with Crippen LogP contribution in [0.3, 0.4) is 0 Å². The van der Waals surface area contributed by atoms with E-state index in [4.69, 9.17) is 4.74 Å². The molecule has 0 radical (unpaired) electrons. The second-order valence-corrected chi connectivity index (χ2v) is 3.61. The second kappa shape index (κ2) is 4.02. The van der Waals surface area contributed by atoms with Crippen LogP contribution in [0.2, 0.25) is 0 Å². The van der Waals surface area contributed by atoms with E-state index >= 15 is 0 Å². The van der Waals surface area contributed by atoms with E-state index in [0.29, 0.717) is 23.6 Å². The number of morpholine rings is 1. The van der Waals surface area contributed by atoms with Gasteiger partial charge in [0.25, 0.3) is 5.91 Å². The Morgan fingerprint density at radius 1 is 1.43 bits per heavy atom. The first-order chi connectivity index (χ1) is 6.77. The summed E-state index contributed by atoms with van der Waals surface area (Å²) >= 11 is 3.18. The zero-order valence-corrected chi connectivity index (χ0v) is 8.90. The summed E-state index contributed by atoms with van der Waals surface area (Å²) in [6.07, 6.45) is 3.13. The van der Waals surface area contributed by atoms with Crippen molar-refractivity contribution in [2.75, 3.05) is 24.7 Å². The standard InChI is InChI=1S/C8H8BrN3O2/c9-6-3-11-7(4-10-6)12-1-2-14-5-8(12)13/h3-4H,1-2,5H2. The third-order valence-corrected chi connectivity index (χ3v) is 2.28. The Bertz CT molecular complexity index is 341. The summed E-state index contributed by atoms with van der Waals surface area (Å²) < 4.78 is 5.66. The fraction of sp³-hybridized carbons (Fsp3) is 0.375. The van der Waals surface area contributed by atoms with Gasteiger partial charge in [-0.3, -0.25) is 9.69 Å². The Kier molecular flexibility index (Phi) is 2.74. The molecule has 2 rings (SSSR count). The Balaban J connectivity index is 2.20. The van der Waals surface area contributed by atoms with Crippen LogP contribution in [0.15, 0.2) is 17.0 Å². The van der Waals surface area contributed by atoms with Crippen molar-refractivity contribution in [1.82, 2.24) is 9.97 Å². The minimum atomic E-state index is -0.0760. The number of nitrogens with zero attached hydrogens (tertiary/aromatic N) is 3. The predicted molar refractivity (Wildman–Crippen MR) is 52.9 cm³/mol. The van der Waals surface area contributed by atoms with Crippen LogP contribution < -0.4 is 4.90 Å². The van der Waals surface area contributed by atoms with E-state index in [2.05, 4.69) is 25.9 Å². The number of carbonyl (C=O) groups is 1. The van der Waals surface area contributed by atoms with Gasteiger partial charge in [-0.1, -0.05) is 0 Å². The van der Waals surface area contributed by atoms with Crippen molar-refractivity contribution in [2.24, 2.45) is 0 Å². The van der Waals surface area contributed by atoms with Gasteiger partial charge in [-0.15, -0.1) is 0 Å². The number of amides is 1. The van der Waals surface area contributed by atoms with Gasteiger partial charge in [-0.25, -0.2) is 9.97 Å². The third-order valence-electron chi connectivity index (χ3n) is 1.87. The molecule has 0 aliphatic carbocycles. The van der Waals surface area contributed by atoms with Crippen LogP contribution in [0.25, 0.3) is 0 Å². The van der Waals surface area contributed by atoms with Gasteiger partial charge in [0, 0.05) is 0 Å². The Morgan fingerprint density at radius 3 is 2.93 bits per heavy atom. The van der Waals surface area contributed by atoms with Gasteiger partial charge in [0.2, 0.25) is 0 Å². The van der Waals surface area contributed by atoms with Crippen LogP contribution in [0.4, 0.5) is 5.82 Å². The zero-order chi connectivity index (χ0) is 9.97. The van der Waals surface area contributed by atoms with Crippen molar-refractivity contribution in [3.8, 4) is 0 Å². The van der Waals surface area contributed by atoms with Gasteiger partial charge in [-0.05, 0) is 15.9 Å². The van der Waals surface area contributed by atoms with Crippen molar-refractivity contribution in [3.63, 3.8) is 0 Å². The van der Waals surface area contributed by atoms with E-state index in [-0.39, 0.29) is 12.5 Å². The van der Waals surface area contributed by atoms with Crippen LogP contribution in [-0.4, -0.2) is 35.6 Å². The monoisotopic (exact) mass is 257 g/mol. The molecule has 1 amide bonds. The molecule has 0 atom stereocenters. The number of hydrogen-bond acceptors (Lipinski definition) is 4. The van der Waals surface area contributed by atoms with Crippen molar-refractivity contribution >= 4 is 27.7 Å². The summed E-state index contributed by atoms with van der Waals surface area (Å²) in [6.45, 7) is 1.20. The summed E-state index contributed by atoms with van der Waals surface area (Å²) in [5, 5.41) is 0. The summed E-state index contributed by atoms with van der Waals surface area (Å²) in [4.78, 5) is 21.1. The van der Waals surface area contributed by atoms with E-state index in [1.807, 2.05) is 0 Å². The molecule has 0 N–H and O–H groups in total. The van der Waals surface area contributed by atoms with Crippen LogP contribution in [0, 0.1) is 0 Å². The van der Waals surface area contributed by atoms with Crippen LogP contribution >= 0.6 is 15.9 Å². The molecule has 0 unspecified atom stereocenters. The topological polar surface area (TPSA) is 55.3 Å². The molecule has 0 bridgehead atoms. The molecule has 0 saturated carbocycles. The van der Waals surface area contributed by atoms with Gasteiger partial charge < -0.3 is 4.74 Å². The number of halogens is 1. The highest BCUT2D eigenvalue weighted by molar-refractivity contribution is 9.10. The number of aromatic nitrogens is 2. The molecule has 1 aliphatic rings. The maximum absolute atomic E-state index is 11.4. The molecule has 74 valence electrons. The van der Waals surface area contributed by atoms with Gasteiger partial charge in [-0.2, -0.15) is 0 Å². The lowest BCUT2D eigenvalue weighted by Crippen LogP contribution is -2.42. The normalized spacial score (nSPS) is 17.2. The Labute approximate surface area is 89.2 Å². The lowest BCUT2D eigenvalue weighted by Gasteiger charge is -2.25. The lowest BCUT2D eigenvalue weighted by atomic mass is 10.4. The molecule has 1 fully saturated rings. The second-order valence-electron chi connectivity index (χ2n) is 2.80. The minimum Gasteiger partial charge on any atom is -0.370 e. The van der Waals surface area contributed by atoms with E-state index in [9.17, 15) is 4.79 Å². The van der Waals surface area contributed by atoms with Crippen molar-refractivity contribution in [2.45, 2.75) is 0 Å². The average molecular weight is 258 g/mol.